The summed E-state index contributed by atoms with van der Waals surface area (Å²) in [5, 5.41) is 21.6. The maximum absolute atomic E-state index is 10.5. The van der Waals surface area contributed by atoms with Crippen molar-refractivity contribution >= 4 is 38.4 Å². The molecular weight excluding hydrogens is 372 g/mol. The minimum atomic E-state index is -0.918. The van der Waals surface area contributed by atoms with Gasteiger partial charge < -0.3 is 5.11 Å². The Bertz CT molecular complexity index is 1380. The Hall–Kier alpha value is -3.66. The number of rotatable bonds is 1. The number of carboxylic acids is 1. The van der Waals surface area contributed by atoms with Gasteiger partial charge in [-0.15, -0.1) is 0 Å². The first-order valence-electron chi connectivity index (χ1n) is 10.3. The first kappa shape index (κ1) is 18.4. The number of H-pyrrole nitrogens is 1. The van der Waals surface area contributed by atoms with Crippen LogP contribution < -0.4 is 0 Å². The quantitative estimate of drug-likeness (QED) is 0.336. The summed E-state index contributed by atoms with van der Waals surface area (Å²) in [5.41, 5.74) is 4.30. The Morgan fingerprint density at radius 3 is 2.57 bits per heavy atom. The maximum Gasteiger partial charge on any atom is 0.335 e. The highest BCUT2D eigenvalue weighted by Gasteiger charge is 2.13. The van der Waals surface area contributed by atoms with E-state index in [9.17, 15) is 4.79 Å². The third kappa shape index (κ3) is 3.30. The molecule has 0 bridgehead atoms. The molecule has 0 atom stereocenters. The molecule has 2 N–H and O–H groups in total. The summed E-state index contributed by atoms with van der Waals surface area (Å²) in [7, 11) is 0. The molecule has 1 aromatic heterocycles. The zero-order valence-corrected chi connectivity index (χ0v) is 16.6. The van der Waals surface area contributed by atoms with Crippen LogP contribution in [0.5, 0.6) is 0 Å². The van der Waals surface area contributed by atoms with Gasteiger partial charge in [-0.25, -0.2) is 4.79 Å². The number of aromatic amines is 1. The van der Waals surface area contributed by atoms with Crippen LogP contribution in [0.2, 0.25) is 0 Å². The molecular formula is C26H22N2O2. The van der Waals surface area contributed by atoms with Crippen LogP contribution in [0.15, 0.2) is 72.9 Å². The number of aromatic carboxylic acids is 1. The molecule has 4 nitrogen and oxygen atoms in total. The number of nitrogens with one attached hydrogen (secondary N) is 1. The molecule has 4 heteroatoms. The summed E-state index contributed by atoms with van der Waals surface area (Å²) in [6, 6.07) is 22.8. The molecule has 0 saturated carbocycles. The third-order valence-corrected chi connectivity index (χ3v) is 5.94. The lowest BCUT2D eigenvalue weighted by Crippen LogP contribution is -2.02. The topological polar surface area (TPSA) is 66.0 Å². The first-order valence-corrected chi connectivity index (χ1v) is 10.3. The molecule has 30 heavy (non-hydrogen) atoms. The number of aryl methyl sites for hydroxylation is 2. The third-order valence-electron chi connectivity index (χ3n) is 5.94. The highest BCUT2D eigenvalue weighted by Crippen LogP contribution is 2.33. The number of aromatic nitrogens is 2. The van der Waals surface area contributed by atoms with E-state index in [1.165, 1.54) is 47.2 Å². The number of hydrogen-bond acceptors (Lipinski definition) is 2. The number of benzene rings is 4. The summed E-state index contributed by atoms with van der Waals surface area (Å²) >= 11 is 0. The van der Waals surface area contributed by atoms with Crippen LogP contribution in [0.1, 0.15) is 34.3 Å². The molecule has 1 aliphatic carbocycles. The average Bonchev–Trinajstić information content (AvgIpc) is 3.27. The Morgan fingerprint density at radius 2 is 1.67 bits per heavy atom. The molecule has 0 aliphatic heterocycles. The van der Waals surface area contributed by atoms with E-state index in [0.717, 1.165) is 10.9 Å². The molecule has 0 radical (unpaired) electrons. The zero-order chi connectivity index (χ0) is 20.5. The van der Waals surface area contributed by atoms with Crippen molar-refractivity contribution in [2.24, 2.45) is 0 Å². The second-order valence-electron chi connectivity index (χ2n) is 7.77. The fraction of sp³-hybridized carbons (Fsp3) is 0.154. The van der Waals surface area contributed by atoms with Crippen molar-refractivity contribution in [3.63, 3.8) is 0 Å². The summed E-state index contributed by atoms with van der Waals surface area (Å²) < 4.78 is 0. The molecule has 4 aromatic carbocycles. The minimum Gasteiger partial charge on any atom is -0.478 e. The first-order chi connectivity index (χ1) is 14.7. The van der Waals surface area contributed by atoms with Gasteiger partial charge in [-0.1, -0.05) is 48.5 Å². The lowest BCUT2D eigenvalue weighted by atomic mass is 9.86. The van der Waals surface area contributed by atoms with Gasteiger partial charge in [-0.3, -0.25) is 5.10 Å². The number of carboxylic acid groups (broad SMARTS) is 1. The van der Waals surface area contributed by atoms with Crippen LogP contribution >= 0.6 is 0 Å². The van der Waals surface area contributed by atoms with E-state index in [2.05, 4.69) is 58.7 Å². The molecule has 1 heterocycles. The molecule has 0 spiro atoms. The van der Waals surface area contributed by atoms with Gasteiger partial charge in [0.05, 0.1) is 17.3 Å². The van der Waals surface area contributed by atoms with Gasteiger partial charge in [-0.2, -0.15) is 5.10 Å². The van der Waals surface area contributed by atoms with Crippen LogP contribution in [-0.4, -0.2) is 21.3 Å². The molecule has 1 aliphatic rings. The Labute approximate surface area is 174 Å². The van der Waals surface area contributed by atoms with Gasteiger partial charge >= 0.3 is 5.97 Å². The molecule has 0 unspecified atom stereocenters. The minimum absolute atomic E-state index is 0.281. The van der Waals surface area contributed by atoms with Gasteiger partial charge in [0.2, 0.25) is 0 Å². The van der Waals surface area contributed by atoms with Gasteiger partial charge in [0.25, 0.3) is 0 Å². The summed E-state index contributed by atoms with van der Waals surface area (Å²) in [6.07, 6.45) is 6.82. The molecule has 0 fully saturated rings. The van der Waals surface area contributed by atoms with E-state index in [0.29, 0.717) is 0 Å². The smallest absolute Gasteiger partial charge is 0.335 e. The molecule has 6 rings (SSSR count). The predicted octanol–water partition coefficient (Wildman–Crippen LogP) is 6.13. The van der Waals surface area contributed by atoms with Crippen molar-refractivity contribution in [1.82, 2.24) is 10.2 Å². The van der Waals surface area contributed by atoms with Crippen LogP contribution in [-0.2, 0) is 12.8 Å². The van der Waals surface area contributed by atoms with Gasteiger partial charge in [0.15, 0.2) is 0 Å². The highest BCUT2D eigenvalue weighted by molar-refractivity contribution is 6.08. The fourth-order valence-corrected chi connectivity index (χ4v) is 4.42. The second-order valence-corrected chi connectivity index (χ2v) is 7.77. The van der Waals surface area contributed by atoms with Crippen LogP contribution in [0.25, 0.3) is 32.4 Å². The standard InChI is InChI=1S/C18H16.C8H6N2O2/c1-3-7-15-13(5-1)9-11-18-16-8-4-2-6-14(16)10-12-17(15)18;11-8(12)5-1-2-7-6(3-5)4-9-10-7/h1,3,5,7,9-12H,2,4,6,8H2;1-4H,(H,9,10)(H,11,12). The number of hydrogen-bond donors (Lipinski definition) is 2. The van der Waals surface area contributed by atoms with E-state index in [1.54, 1.807) is 35.5 Å². The number of nitrogens with zero attached hydrogens (tertiary/aromatic N) is 1. The van der Waals surface area contributed by atoms with Gasteiger partial charge in [-0.05, 0) is 76.6 Å². The predicted molar refractivity (Wildman–Crippen MR) is 121 cm³/mol. The van der Waals surface area contributed by atoms with Crippen molar-refractivity contribution in [1.29, 1.82) is 0 Å². The highest BCUT2D eigenvalue weighted by atomic mass is 16.4. The van der Waals surface area contributed by atoms with Crippen LogP contribution in [0.4, 0.5) is 0 Å². The Balaban J connectivity index is 0.000000140. The Kier molecular flexibility index (Phi) is 4.68. The van der Waals surface area contributed by atoms with Crippen LogP contribution in [0.3, 0.4) is 0 Å². The number of carbonyl (C=O) groups is 1. The molecule has 148 valence electrons. The number of fused-ring (bicyclic) bond motifs is 6. The lowest BCUT2D eigenvalue weighted by molar-refractivity contribution is 0.0697. The largest absolute Gasteiger partial charge is 0.478 e. The fourth-order valence-electron chi connectivity index (χ4n) is 4.42. The second kappa shape index (κ2) is 7.64. The SMILES string of the molecule is O=C(O)c1ccc2[nH]ncc2c1.c1ccc2c(c1)ccc1c3c(ccc12)CCCC3. The molecule has 0 saturated heterocycles. The van der Waals surface area contributed by atoms with E-state index in [-0.39, 0.29) is 5.56 Å². The normalized spacial score (nSPS) is 13.1. The Morgan fingerprint density at radius 1 is 0.833 bits per heavy atom. The van der Waals surface area contributed by atoms with Gasteiger partial charge in [0.1, 0.15) is 0 Å². The maximum atomic E-state index is 10.5. The van der Waals surface area contributed by atoms with E-state index in [1.807, 2.05) is 0 Å². The average molecular weight is 394 g/mol. The zero-order valence-electron chi connectivity index (χ0n) is 16.6. The summed E-state index contributed by atoms with van der Waals surface area (Å²) in [6.45, 7) is 0. The van der Waals surface area contributed by atoms with Crippen molar-refractivity contribution in [3.05, 3.63) is 89.6 Å². The molecule has 0 amide bonds. The van der Waals surface area contributed by atoms with Gasteiger partial charge in [0, 0.05) is 5.39 Å². The van der Waals surface area contributed by atoms with E-state index in [4.69, 9.17) is 5.11 Å². The summed E-state index contributed by atoms with van der Waals surface area (Å²) in [4.78, 5) is 10.5. The van der Waals surface area contributed by atoms with Crippen molar-refractivity contribution in [2.45, 2.75) is 25.7 Å². The van der Waals surface area contributed by atoms with Crippen LogP contribution in [0, 0.1) is 0 Å². The summed E-state index contributed by atoms with van der Waals surface area (Å²) in [5.74, 6) is -0.918. The van der Waals surface area contributed by atoms with E-state index >= 15 is 0 Å². The lowest BCUT2D eigenvalue weighted by Gasteiger charge is -2.18. The van der Waals surface area contributed by atoms with Crippen molar-refractivity contribution < 1.29 is 9.90 Å². The van der Waals surface area contributed by atoms with E-state index < -0.39 is 5.97 Å². The monoisotopic (exact) mass is 394 g/mol. The van der Waals surface area contributed by atoms with Crippen molar-refractivity contribution in [3.8, 4) is 0 Å². The molecule has 5 aromatic rings. The van der Waals surface area contributed by atoms with Crippen molar-refractivity contribution in [2.75, 3.05) is 0 Å².